The summed E-state index contributed by atoms with van der Waals surface area (Å²) in [4.78, 5) is 12.1. The monoisotopic (exact) mass is 303 g/mol. The third kappa shape index (κ3) is 3.96. The van der Waals surface area contributed by atoms with E-state index >= 15 is 0 Å². The lowest BCUT2D eigenvalue weighted by Crippen LogP contribution is -2.34. The third-order valence-corrected chi connectivity index (χ3v) is 3.94. The van der Waals surface area contributed by atoms with Crippen LogP contribution in [0.25, 0.3) is 0 Å². The van der Waals surface area contributed by atoms with Crippen LogP contribution in [0.1, 0.15) is 41.7 Å². The fraction of sp³-hybridized carbons (Fsp3) is 0.562. The molecular formula is C16H25N5O. The summed E-state index contributed by atoms with van der Waals surface area (Å²) >= 11 is 0. The Morgan fingerprint density at radius 1 is 1.41 bits per heavy atom. The van der Waals surface area contributed by atoms with Crippen LogP contribution in [0.5, 0.6) is 0 Å². The zero-order chi connectivity index (χ0) is 16.3. The van der Waals surface area contributed by atoms with E-state index in [0.717, 1.165) is 35.6 Å². The van der Waals surface area contributed by atoms with Gasteiger partial charge in [-0.15, -0.1) is 0 Å². The summed E-state index contributed by atoms with van der Waals surface area (Å²) in [5, 5.41) is 14.5. The van der Waals surface area contributed by atoms with Gasteiger partial charge in [0.1, 0.15) is 0 Å². The molecule has 0 radical (unpaired) electrons. The molecule has 0 saturated carbocycles. The first kappa shape index (κ1) is 16.3. The minimum atomic E-state index is 0.0717. The normalized spacial score (nSPS) is 12.4. The minimum absolute atomic E-state index is 0.0717. The molecule has 2 aromatic heterocycles. The Balaban J connectivity index is 1.82. The number of aryl methyl sites for hydroxylation is 3. The van der Waals surface area contributed by atoms with E-state index in [-0.39, 0.29) is 11.9 Å². The second-order valence-corrected chi connectivity index (χ2v) is 5.99. The van der Waals surface area contributed by atoms with Gasteiger partial charge in [0.25, 0.3) is 0 Å². The van der Waals surface area contributed by atoms with E-state index in [9.17, 15) is 4.79 Å². The second kappa shape index (κ2) is 6.77. The van der Waals surface area contributed by atoms with Gasteiger partial charge in [0.05, 0.1) is 11.4 Å². The molecule has 2 heterocycles. The molecule has 1 amide bonds. The van der Waals surface area contributed by atoms with Gasteiger partial charge in [-0.2, -0.15) is 10.2 Å². The van der Waals surface area contributed by atoms with Crippen LogP contribution >= 0.6 is 0 Å². The molecule has 0 bridgehead atoms. The number of H-pyrrole nitrogens is 1. The van der Waals surface area contributed by atoms with E-state index in [1.807, 2.05) is 45.5 Å². The molecule has 0 aliphatic rings. The summed E-state index contributed by atoms with van der Waals surface area (Å²) in [5.74, 6) is 0.0717. The number of nitrogens with one attached hydrogen (secondary N) is 2. The number of rotatable bonds is 6. The van der Waals surface area contributed by atoms with Crippen LogP contribution in [0.15, 0.2) is 6.07 Å². The number of carbonyl (C=O) groups is 1. The minimum Gasteiger partial charge on any atom is -0.353 e. The van der Waals surface area contributed by atoms with Crippen molar-refractivity contribution in [2.24, 2.45) is 7.05 Å². The number of hydrogen-bond acceptors (Lipinski definition) is 3. The third-order valence-electron chi connectivity index (χ3n) is 3.94. The van der Waals surface area contributed by atoms with Gasteiger partial charge in [-0.05, 0) is 45.7 Å². The van der Waals surface area contributed by atoms with Crippen LogP contribution < -0.4 is 5.32 Å². The lowest BCUT2D eigenvalue weighted by atomic mass is 10.1. The van der Waals surface area contributed by atoms with Crippen LogP contribution in [-0.2, 0) is 24.7 Å². The van der Waals surface area contributed by atoms with Crippen LogP contribution in [-0.4, -0.2) is 31.9 Å². The van der Waals surface area contributed by atoms with Crippen LogP contribution in [0.2, 0.25) is 0 Å². The van der Waals surface area contributed by atoms with Crippen molar-refractivity contribution in [2.75, 3.05) is 0 Å². The Kier molecular flexibility index (Phi) is 5.00. The molecule has 0 aliphatic carbocycles. The summed E-state index contributed by atoms with van der Waals surface area (Å²) in [6.07, 6.45) is 1.95. The average Bonchev–Trinajstić information content (AvgIpc) is 2.92. The van der Waals surface area contributed by atoms with Crippen molar-refractivity contribution < 1.29 is 4.79 Å². The molecule has 0 saturated heterocycles. The Labute approximate surface area is 131 Å². The van der Waals surface area contributed by atoms with Crippen LogP contribution in [0.3, 0.4) is 0 Å². The number of hydrogen-bond donors (Lipinski definition) is 2. The molecule has 0 fully saturated rings. The number of aromatic amines is 1. The average molecular weight is 303 g/mol. The molecule has 2 N–H and O–H groups in total. The SMILES string of the molecule is Cc1cc(CC(C)NC(=O)CCc2c(C)nn(C)c2C)n[nH]1. The molecule has 120 valence electrons. The lowest BCUT2D eigenvalue weighted by molar-refractivity contribution is -0.121. The summed E-state index contributed by atoms with van der Waals surface area (Å²) in [6.45, 7) is 8.00. The predicted molar refractivity (Wildman–Crippen MR) is 85.6 cm³/mol. The van der Waals surface area contributed by atoms with Gasteiger partial charge in [-0.25, -0.2) is 0 Å². The fourth-order valence-corrected chi connectivity index (χ4v) is 2.71. The van der Waals surface area contributed by atoms with E-state index in [4.69, 9.17) is 0 Å². The van der Waals surface area contributed by atoms with Crippen molar-refractivity contribution in [3.05, 3.63) is 34.4 Å². The Morgan fingerprint density at radius 3 is 2.68 bits per heavy atom. The summed E-state index contributed by atoms with van der Waals surface area (Å²) in [5.41, 5.74) is 5.33. The first-order chi connectivity index (χ1) is 10.4. The molecular weight excluding hydrogens is 278 g/mol. The van der Waals surface area contributed by atoms with E-state index in [0.29, 0.717) is 6.42 Å². The highest BCUT2D eigenvalue weighted by Crippen LogP contribution is 2.14. The molecule has 1 unspecified atom stereocenters. The van der Waals surface area contributed by atoms with Crippen LogP contribution in [0, 0.1) is 20.8 Å². The molecule has 0 spiro atoms. The maximum Gasteiger partial charge on any atom is 0.220 e. The first-order valence-electron chi connectivity index (χ1n) is 7.66. The van der Waals surface area contributed by atoms with E-state index in [1.165, 1.54) is 5.56 Å². The zero-order valence-electron chi connectivity index (χ0n) is 14.0. The highest BCUT2D eigenvalue weighted by molar-refractivity contribution is 5.76. The number of amides is 1. The van der Waals surface area contributed by atoms with Crippen molar-refractivity contribution in [3.8, 4) is 0 Å². The van der Waals surface area contributed by atoms with Crippen molar-refractivity contribution in [1.82, 2.24) is 25.3 Å². The molecule has 2 aromatic rings. The predicted octanol–water partition coefficient (Wildman–Crippen LogP) is 1.75. The van der Waals surface area contributed by atoms with Crippen molar-refractivity contribution >= 4 is 5.91 Å². The molecule has 6 nitrogen and oxygen atoms in total. The summed E-state index contributed by atoms with van der Waals surface area (Å²) < 4.78 is 1.87. The number of aromatic nitrogens is 4. The molecule has 6 heteroatoms. The quantitative estimate of drug-likeness (QED) is 0.853. The zero-order valence-corrected chi connectivity index (χ0v) is 14.0. The van der Waals surface area contributed by atoms with E-state index in [2.05, 4.69) is 20.6 Å². The van der Waals surface area contributed by atoms with Gasteiger partial charge in [-0.3, -0.25) is 14.6 Å². The maximum absolute atomic E-state index is 12.1. The van der Waals surface area contributed by atoms with Crippen LogP contribution in [0.4, 0.5) is 0 Å². The fourth-order valence-electron chi connectivity index (χ4n) is 2.71. The Bertz CT molecular complexity index is 656. The highest BCUT2D eigenvalue weighted by atomic mass is 16.1. The largest absolute Gasteiger partial charge is 0.353 e. The molecule has 0 aliphatic heterocycles. The first-order valence-corrected chi connectivity index (χ1v) is 7.66. The van der Waals surface area contributed by atoms with Crippen molar-refractivity contribution in [1.29, 1.82) is 0 Å². The molecule has 22 heavy (non-hydrogen) atoms. The topological polar surface area (TPSA) is 75.6 Å². The van der Waals surface area contributed by atoms with Gasteiger partial charge in [0, 0.05) is 37.3 Å². The smallest absolute Gasteiger partial charge is 0.220 e. The molecule has 2 rings (SSSR count). The summed E-state index contributed by atoms with van der Waals surface area (Å²) in [7, 11) is 1.93. The molecule has 1 atom stereocenters. The van der Waals surface area contributed by atoms with Gasteiger partial charge in [0.15, 0.2) is 0 Å². The lowest BCUT2D eigenvalue weighted by Gasteiger charge is -2.12. The maximum atomic E-state index is 12.1. The second-order valence-electron chi connectivity index (χ2n) is 5.99. The van der Waals surface area contributed by atoms with E-state index in [1.54, 1.807) is 0 Å². The van der Waals surface area contributed by atoms with Crippen molar-refractivity contribution in [3.63, 3.8) is 0 Å². The Hall–Kier alpha value is -2.11. The standard InChI is InChI=1S/C16H25N5O/c1-10(8-14-9-11(2)18-19-14)17-16(22)7-6-15-12(3)20-21(5)13(15)4/h9-10H,6-8H2,1-5H3,(H,17,22)(H,18,19). The van der Waals surface area contributed by atoms with Gasteiger partial charge in [-0.1, -0.05) is 0 Å². The summed E-state index contributed by atoms with van der Waals surface area (Å²) in [6, 6.07) is 2.08. The van der Waals surface area contributed by atoms with E-state index < -0.39 is 0 Å². The number of nitrogens with zero attached hydrogens (tertiary/aromatic N) is 3. The van der Waals surface area contributed by atoms with Gasteiger partial charge < -0.3 is 5.32 Å². The number of carbonyl (C=O) groups excluding carboxylic acids is 1. The highest BCUT2D eigenvalue weighted by Gasteiger charge is 2.13. The van der Waals surface area contributed by atoms with Gasteiger partial charge >= 0.3 is 0 Å². The van der Waals surface area contributed by atoms with Crippen molar-refractivity contribution in [2.45, 2.75) is 53.0 Å². The Morgan fingerprint density at radius 2 is 2.14 bits per heavy atom. The van der Waals surface area contributed by atoms with Gasteiger partial charge in [0.2, 0.25) is 5.91 Å². The molecule has 0 aromatic carbocycles.